The number of nitrogens with zero attached hydrogens (tertiary/aromatic N) is 4. The Balaban J connectivity index is 1.54. The minimum Gasteiger partial charge on any atom is -0.298 e. The van der Waals surface area contributed by atoms with Crippen molar-refractivity contribution in [1.29, 1.82) is 0 Å². The van der Waals surface area contributed by atoms with E-state index in [-0.39, 0.29) is 5.91 Å². The molecule has 0 atom stereocenters. The largest absolute Gasteiger partial charge is 0.298 e. The minimum atomic E-state index is -0.199. The summed E-state index contributed by atoms with van der Waals surface area (Å²) in [5.41, 5.74) is 5.98. The molecule has 5 aromatic rings. The number of rotatable bonds is 4. The van der Waals surface area contributed by atoms with E-state index < -0.39 is 0 Å². The van der Waals surface area contributed by atoms with E-state index in [1.54, 1.807) is 0 Å². The van der Waals surface area contributed by atoms with Crippen molar-refractivity contribution in [2.45, 2.75) is 27.3 Å². The summed E-state index contributed by atoms with van der Waals surface area (Å²) < 4.78 is 2.92. The van der Waals surface area contributed by atoms with Crippen molar-refractivity contribution in [3.05, 3.63) is 82.7 Å². The molecule has 0 saturated heterocycles. The Labute approximate surface area is 183 Å². The number of carbonyl (C=O) groups excluding carboxylic acids is 1. The van der Waals surface area contributed by atoms with E-state index in [2.05, 4.69) is 27.5 Å². The smallest absolute Gasteiger partial charge is 0.258 e. The maximum atomic E-state index is 13.3. The van der Waals surface area contributed by atoms with Crippen molar-refractivity contribution in [3.63, 3.8) is 0 Å². The van der Waals surface area contributed by atoms with Gasteiger partial charge in [-0.15, -0.1) is 0 Å². The summed E-state index contributed by atoms with van der Waals surface area (Å²) in [7, 11) is 0. The fourth-order valence-corrected chi connectivity index (χ4v) is 4.77. The lowest BCUT2D eigenvalue weighted by Crippen LogP contribution is -2.13. The molecule has 0 spiro atoms. The predicted octanol–water partition coefficient (Wildman–Crippen LogP) is 5.27. The summed E-state index contributed by atoms with van der Waals surface area (Å²) in [4.78, 5) is 22.6. The number of pyridine rings is 1. The van der Waals surface area contributed by atoms with Crippen molar-refractivity contribution < 1.29 is 4.79 Å². The van der Waals surface area contributed by atoms with Crippen LogP contribution in [0.2, 0.25) is 0 Å². The second kappa shape index (κ2) is 7.59. The first-order chi connectivity index (χ1) is 15.0. The van der Waals surface area contributed by atoms with E-state index in [0.29, 0.717) is 22.9 Å². The summed E-state index contributed by atoms with van der Waals surface area (Å²) in [5, 5.41) is 9.03. The first-order valence-electron chi connectivity index (χ1n) is 10.1. The Bertz CT molecular complexity index is 1440. The van der Waals surface area contributed by atoms with Gasteiger partial charge in [0.15, 0.2) is 10.8 Å². The number of anilines is 1. The second-order valence-electron chi connectivity index (χ2n) is 7.63. The van der Waals surface area contributed by atoms with Crippen molar-refractivity contribution >= 4 is 43.6 Å². The van der Waals surface area contributed by atoms with Gasteiger partial charge in [-0.25, -0.2) is 14.6 Å². The van der Waals surface area contributed by atoms with E-state index in [0.717, 1.165) is 38.1 Å². The highest BCUT2D eigenvalue weighted by Crippen LogP contribution is 2.29. The maximum absolute atomic E-state index is 13.3. The van der Waals surface area contributed by atoms with Gasteiger partial charge >= 0.3 is 0 Å². The van der Waals surface area contributed by atoms with Gasteiger partial charge in [-0.3, -0.25) is 10.1 Å². The van der Waals surface area contributed by atoms with E-state index in [1.165, 1.54) is 11.3 Å². The van der Waals surface area contributed by atoms with E-state index in [4.69, 9.17) is 4.98 Å². The number of aryl methyl sites for hydroxylation is 3. The van der Waals surface area contributed by atoms with Crippen molar-refractivity contribution in [2.75, 3.05) is 5.32 Å². The third-order valence-electron chi connectivity index (χ3n) is 5.27. The highest BCUT2D eigenvalue weighted by Gasteiger charge is 2.20. The van der Waals surface area contributed by atoms with Crippen LogP contribution in [0.5, 0.6) is 0 Å². The Morgan fingerprint density at radius 1 is 1.03 bits per heavy atom. The third kappa shape index (κ3) is 3.57. The van der Waals surface area contributed by atoms with Gasteiger partial charge in [-0.05, 0) is 44.0 Å². The highest BCUT2D eigenvalue weighted by molar-refractivity contribution is 7.22. The predicted molar refractivity (Wildman–Crippen MR) is 125 cm³/mol. The van der Waals surface area contributed by atoms with Gasteiger partial charge in [0.2, 0.25) is 0 Å². The normalized spacial score (nSPS) is 11.3. The molecule has 2 aromatic carbocycles. The monoisotopic (exact) mass is 427 g/mol. The van der Waals surface area contributed by atoms with Crippen molar-refractivity contribution in [3.8, 4) is 0 Å². The van der Waals surface area contributed by atoms with Crippen LogP contribution in [0, 0.1) is 20.8 Å². The van der Waals surface area contributed by atoms with Gasteiger partial charge in [0.1, 0.15) is 0 Å². The summed E-state index contributed by atoms with van der Waals surface area (Å²) in [6, 6.07) is 18.0. The lowest BCUT2D eigenvalue weighted by molar-refractivity contribution is 0.102. The van der Waals surface area contributed by atoms with Crippen LogP contribution in [0.25, 0.3) is 21.3 Å². The Morgan fingerprint density at radius 2 is 1.84 bits per heavy atom. The van der Waals surface area contributed by atoms with Crippen molar-refractivity contribution in [1.82, 2.24) is 19.7 Å². The number of carbonyl (C=O) groups is 1. The molecule has 0 fully saturated rings. The fourth-order valence-electron chi connectivity index (χ4n) is 3.83. The molecule has 7 heteroatoms. The molecule has 3 heterocycles. The van der Waals surface area contributed by atoms with Crippen LogP contribution >= 0.6 is 11.3 Å². The Morgan fingerprint density at radius 3 is 2.61 bits per heavy atom. The lowest BCUT2D eigenvalue weighted by atomic mass is 10.1. The number of thiazole rings is 1. The number of hydrogen-bond donors (Lipinski definition) is 1. The number of nitrogens with one attached hydrogen (secondary N) is 1. The van der Waals surface area contributed by atoms with Gasteiger partial charge in [0, 0.05) is 5.69 Å². The Kier molecular flexibility index (Phi) is 4.75. The van der Waals surface area contributed by atoms with Gasteiger partial charge in [0.25, 0.3) is 5.91 Å². The zero-order chi connectivity index (χ0) is 21.5. The van der Waals surface area contributed by atoms with Crippen LogP contribution in [0.15, 0.2) is 54.6 Å². The maximum Gasteiger partial charge on any atom is 0.258 e. The third-order valence-corrected chi connectivity index (χ3v) is 6.20. The van der Waals surface area contributed by atoms with E-state index in [1.807, 2.05) is 67.9 Å². The van der Waals surface area contributed by atoms with Crippen LogP contribution in [-0.2, 0) is 6.54 Å². The summed E-state index contributed by atoms with van der Waals surface area (Å²) in [5.74, 6) is -0.199. The molecule has 0 aliphatic rings. The zero-order valence-electron chi connectivity index (χ0n) is 17.5. The van der Waals surface area contributed by atoms with Crippen LogP contribution in [0.1, 0.15) is 32.9 Å². The average molecular weight is 428 g/mol. The number of benzene rings is 2. The number of para-hydroxylation sites is 1. The number of hydrogen-bond acceptors (Lipinski definition) is 5. The SMILES string of the molecule is Cc1cc(C(=O)Nc2nc3c(C)cccc3s2)c2c(C)nn(Cc3ccccc3)c2n1. The molecule has 0 bridgehead atoms. The molecule has 0 unspecified atom stereocenters. The summed E-state index contributed by atoms with van der Waals surface area (Å²) in [6.45, 7) is 6.43. The molecule has 5 rings (SSSR count). The number of aromatic nitrogens is 4. The summed E-state index contributed by atoms with van der Waals surface area (Å²) in [6.07, 6.45) is 0. The van der Waals surface area contributed by atoms with Gasteiger partial charge in [-0.2, -0.15) is 5.10 Å². The average Bonchev–Trinajstić information content (AvgIpc) is 3.30. The van der Waals surface area contributed by atoms with Crippen LogP contribution in [0.3, 0.4) is 0 Å². The van der Waals surface area contributed by atoms with Gasteiger partial charge < -0.3 is 0 Å². The Hall–Kier alpha value is -3.58. The standard InChI is InChI=1S/C24H21N5OS/c1-14-8-7-11-19-21(14)26-24(31-19)27-23(30)18-12-15(2)25-22-20(18)16(3)28-29(22)13-17-9-5-4-6-10-17/h4-12H,13H2,1-3H3,(H,26,27,30). The molecular weight excluding hydrogens is 406 g/mol. The molecule has 6 nitrogen and oxygen atoms in total. The second-order valence-corrected chi connectivity index (χ2v) is 8.66. The fraction of sp³-hybridized carbons (Fsp3) is 0.167. The molecule has 3 aromatic heterocycles. The van der Waals surface area contributed by atoms with Gasteiger partial charge in [0.05, 0.1) is 33.4 Å². The molecule has 0 radical (unpaired) electrons. The zero-order valence-corrected chi connectivity index (χ0v) is 18.3. The summed E-state index contributed by atoms with van der Waals surface area (Å²) >= 11 is 1.48. The molecule has 0 aliphatic carbocycles. The van der Waals surface area contributed by atoms with Crippen LogP contribution in [0.4, 0.5) is 5.13 Å². The number of amides is 1. The molecule has 31 heavy (non-hydrogen) atoms. The molecule has 154 valence electrons. The quantitative estimate of drug-likeness (QED) is 0.424. The minimum absolute atomic E-state index is 0.199. The van der Waals surface area contributed by atoms with Gasteiger partial charge in [-0.1, -0.05) is 53.8 Å². The van der Waals surface area contributed by atoms with Crippen LogP contribution < -0.4 is 5.32 Å². The molecule has 1 N–H and O–H groups in total. The topological polar surface area (TPSA) is 72.7 Å². The first-order valence-corrected chi connectivity index (χ1v) is 10.9. The van der Waals surface area contributed by atoms with E-state index >= 15 is 0 Å². The van der Waals surface area contributed by atoms with Crippen LogP contribution in [-0.4, -0.2) is 25.7 Å². The van der Waals surface area contributed by atoms with E-state index in [9.17, 15) is 4.79 Å². The highest BCUT2D eigenvalue weighted by atomic mass is 32.1. The lowest BCUT2D eigenvalue weighted by Gasteiger charge is -2.07. The number of fused-ring (bicyclic) bond motifs is 2. The molecule has 0 aliphatic heterocycles. The molecule has 1 amide bonds. The first kappa shape index (κ1) is 19.4. The molecular formula is C24H21N5OS. The van der Waals surface area contributed by atoms with Crippen molar-refractivity contribution in [2.24, 2.45) is 0 Å². The molecule has 0 saturated carbocycles.